The standard InChI is InChI=1S/C25H34F3NO4Si/c1-17-12-19(14-20(13-17)25(26,27)28)22(30)21(16-33-34(5,6)24(2,3)4)29-23(31)32-15-18-10-8-7-9-11-18/h7-14,21-22,30H,15-16H2,1-6H3,(H,29,31)/t21-,22+/m0/s1. The third kappa shape index (κ3) is 7.85. The Labute approximate surface area is 200 Å². The molecule has 0 fully saturated rings. The minimum atomic E-state index is -4.56. The van der Waals surface area contributed by atoms with Crippen LogP contribution in [0.5, 0.6) is 0 Å². The number of halogens is 3. The van der Waals surface area contributed by atoms with E-state index < -0.39 is 38.3 Å². The van der Waals surface area contributed by atoms with Gasteiger partial charge in [-0.3, -0.25) is 0 Å². The van der Waals surface area contributed by atoms with Gasteiger partial charge in [0.15, 0.2) is 8.32 Å². The molecule has 2 aromatic rings. The summed E-state index contributed by atoms with van der Waals surface area (Å²) in [4.78, 5) is 12.5. The number of carbonyl (C=O) groups is 1. The molecule has 0 saturated heterocycles. The zero-order valence-electron chi connectivity index (χ0n) is 20.5. The van der Waals surface area contributed by atoms with E-state index in [0.29, 0.717) is 5.56 Å². The molecule has 188 valence electrons. The maximum absolute atomic E-state index is 13.3. The molecule has 0 heterocycles. The number of ether oxygens (including phenoxy) is 1. The summed E-state index contributed by atoms with van der Waals surface area (Å²) < 4.78 is 51.4. The number of aliphatic hydroxyl groups is 1. The molecule has 2 atom stereocenters. The molecule has 0 unspecified atom stereocenters. The van der Waals surface area contributed by atoms with Gasteiger partial charge >= 0.3 is 12.3 Å². The SMILES string of the molecule is Cc1cc([C@@H](O)[C@H](CO[Si](C)(C)C(C)(C)C)NC(=O)OCc2ccccc2)cc(C(F)(F)F)c1. The summed E-state index contributed by atoms with van der Waals surface area (Å²) in [6, 6.07) is 11.4. The lowest BCUT2D eigenvalue weighted by Gasteiger charge is -2.38. The third-order valence-corrected chi connectivity index (χ3v) is 10.6. The Balaban J connectivity index is 2.25. The van der Waals surface area contributed by atoms with E-state index in [1.807, 2.05) is 52.1 Å². The molecule has 5 nitrogen and oxygen atoms in total. The third-order valence-electron chi connectivity index (χ3n) is 6.10. The van der Waals surface area contributed by atoms with E-state index in [1.54, 1.807) is 12.1 Å². The van der Waals surface area contributed by atoms with Crippen LogP contribution in [-0.2, 0) is 21.9 Å². The van der Waals surface area contributed by atoms with Crippen molar-refractivity contribution >= 4 is 14.4 Å². The van der Waals surface area contributed by atoms with E-state index in [1.165, 1.54) is 13.0 Å². The monoisotopic (exact) mass is 497 g/mol. The van der Waals surface area contributed by atoms with E-state index in [-0.39, 0.29) is 23.8 Å². The van der Waals surface area contributed by atoms with Gasteiger partial charge in [-0.1, -0.05) is 62.7 Å². The normalized spacial score (nSPS) is 14.4. The molecular weight excluding hydrogens is 463 g/mol. The Hall–Kier alpha value is -2.36. The summed E-state index contributed by atoms with van der Waals surface area (Å²) >= 11 is 0. The average Bonchev–Trinajstić information content (AvgIpc) is 2.73. The van der Waals surface area contributed by atoms with Gasteiger partial charge in [-0.15, -0.1) is 0 Å². The van der Waals surface area contributed by atoms with Crippen LogP contribution in [0.3, 0.4) is 0 Å². The van der Waals surface area contributed by atoms with Crippen LogP contribution in [0.25, 0.3) is 0 Å². The molecule has 0 bridgehead atoms. The van der Waals surface area contributed by atoms with Crippen molar-refractivity contribution in [3.8, 4) is 0 Å². The summed E-state index contributed by atoms with van der Waals surface area (Å²) in [5.41, 5.74) is 0.303. The first-order valence-corrected chi connectivity index (χ1v) is 14.0. The van der Waals surface area contributed by atoms with Gasteiger partial charge in [-0.05, 0) is 48.3 Å². The van der Waals surface area contributed by atoms with Crippen molar-refractivity contribution in [2.24, 2.45) is 0 Å². The minimum absolute atomic E-state index is 0.0151. The Bertz CT molecular complexity index is 959. The molecule has 2 N–H and O–H groups in total. The highest BCUT2D eigenvalue weighted by Crippen LogP contribution is 2.37. The number of benzene rings is 2. The highest BCUT2D eigenvalue weighted by atomic mass is 28.4. The van der Waals surface area contributed by atoms with Crippen LogP contribution >= 0.6 is 0 Å². The molecule has 2 aromatic carbocycles. The smallest absolute Gasteiger partial charge is 0.416 e. The molecule has 0 aliphatic heterocycles. The maximum atomic E-state index is 13.3. The highest BCUT2D eigenvalue weighted by Gasteiger charge is 2.39. The predicted octanol–water partition coefficient (Wildman–Crippen LogP) is 6.36. The lowest BCUT2D eigenvalue weighted by molar-refractivity contribution is -0.137. The average molecular weight is 498 g/mol. The number of nitrogens with one attached hydrogen (secondary N) is 1. The van der Waals surface area contributed by atoms with Crippen LogP contribution in [0.4, 0.5) is 18.0 Å². The van der Waals surface area contributed by atoms with Crippen molar-refractivity contribution < 1.29 is 32.2 Å². The minimum Gasteiger partial charge on any atom is -0.445 e. The first-order chi connectivity index (χ1) is 15.6. The number of hydrogen-bond donors (Lipinski definition) is 2. The van der Waals surface area contributed by atoms with Crippen molar-refractivity contribution in [2.75, 3.05) is 6.61 Å². The summed E-state index contributed by atoms with van der Waals surface area (Å²) in [6.07, 6.45) is -6.79. The topological polar surface area (TPSA) is 67.8 Å². The molecule has 34 heavy (non-hydrogen) atoms. The van der Waals surface area contributed by atoms with Crippen molar-refractivity contribution in [1.29, 1.82) is 0 Å². The molecule has 0 aliphatic carbocycles. The van der Waals surface area contributed by atoms with Gasteiger partial charge in [0.05, 0.1) is 18.2 Å². The summed E-state index contributed by atoms with van der Waals surface area (Å²) in [5.74, 6) is 0. The zero-order valence-corrected chi connectivity index (χ0v) is 21.5. The van der Waals surface area contributed by atoms with E-state index in [0.717, 1.165) is 17.7 Å². The number of amides is 1. The predicted molar refractivity (Wildman–Crippen MR) is 128 cm³/mol. The summed E-state index contributed by atoms with van der Waals surface area (Å²) in [6.45, 7) is 11.6. The molecule has 9 heteroatoms. The Morgan fingerprint density at radius 3 is 2.26 bits per heavy atom. The fourth-order valence-electron chi connectivity index (χ4n) is 3.02. The Morgan fingerprint density at radius 1 is 1.09 bits per heavy atom. The van der Waals surface area contributed by atoms with Crippen LogP contribution in [0.15, 0.2) is 48.5 Å². The number of alkyl halides is 3. The van der Waals surface area contributed by atoms with Crippen molar-refractivity contribution in [3.05, 3.63) is 70.8 Å². The van der Waals surface area contributed by atoms with Crippen LogP contribution < -0.4 is 5.32 Å². The molecule has 0 aliphatic rings. The zero-order chi connectivity index (χ0) is 25.7. The highest BCUT2D eigenvalue weighted by molar-refractivity contribution is 6.74. The summed E-state index contributed by atoms with van der Waals surface area (Å²) in [7, 11) is -2.27. The number of aliphatic hydroxyl groups excluding tert-OH is 1. The van der Waals surface area contributed by atoms with E-state index >= 15 is 0 Å². The molecule has 0 saturated carbocycles. The molecule has 2 rings (SSSR count). The van der Waals surface area contributed by atoms with Gasteiger partial charge in [-0.2, -0.15) is 13.2 Å². The number of aryl methyl sites for hydroxylation is 1. The van der Waals surface area contributed by atoms with Gasteiger partial charge in [0.2, 0.25) is 0 Å². The largest absolute Gasteiger partial charge is 0.445 e. The van der Waals surface area contributed by atoms with Gasteiger partial charge in [0, 0.05) is 0 Å². The Kier molecular flexibility index (Phi) is 8.96. The van der Waals surface area contributed by atoms with Crippen LogP contribution in [0.1, 0.15) is 49.1 Å². The second-order valence-electron chi connectivity index (χ2n) is 9.96. The first-order valence-electron chi connectivity index (χ1n) is 11.1. The Morgan fingerprint density at radius 2 is 1.71 bits per heavy atom. The van der Waals surface area contributed by atoms with Gasteiger partial charge in [0.25, 0.3) is 0 Å². The first kappa shape index (κ1) is 27.9. The molecule has 0 radical (unpaired) electrons. The number of carbonyl (C=O) groups excluding carboxylic acids is 1. The van der Waals surface area contributed by atoms with E-state index in [2.05, 4.69) is 5.32 Å². The second kappa shape index (κ2) is 10.9. The molecular formula is C25H34F3NO4Si. The van der Waals surface area contributed by atoms with Crippen LogP contribution in [0.2, 0.25) is 18.1 Å². The molecule has 1 amide bonds. The lowest BCUT2D eigenvalue weighted by atomic mass is 9.98. The lowest BCUT2D eigenvalue weighted by Crippen LogP contribution is -2.48. The fraction of sp³-hybridized carbons (Fsp3) is 0.480. The molecule has 0 spiro atoms. The second-order valence-corrected chi connectivity index (χ2v) is 14.8. The fourth-order valence-corrected chi connectivity index (χ4v) is 4.05. The number of alkyl carbamates (subject to hydrolysis) is 1. The quantitative estimate of drug-likeness (QED) is 0.416. The van der Waals surface area contributed by atoms with Crippen molar-refractivity contribution in [2.45, 2.75) is 70.8 Å². The van der Waals surface area contributed by atoms with Crippen LogP contribution in [0, 0.1) is 6.92 Å². The van der Waals surface area contributed by atoms with E-state index in [4.69, 9.17) is 9.16 Å². The molecule has 0 aromatic heterocycles. The van der Waals surface area contributed by atoms with Gasteiger partial charge < -0.3 is 19.6 Å². The number of rotatable bonds is 8. The number of hydrogen-bond acceptors (Lipinski definition) is 4. The van der Waals surface area contributed by atoms with Crippen LogP contribution in [-0.4, -0.2) is 32.2 Å². The van der Waals surface area contributed by atoms with Crippen molar-refractivity contribution in [3.63, 3.8) is 0 Å². The van der Waals surface area contributed by atoms with Gasteiger partial charge in [-0.25, -0.2) is 4.79 Å². The van der Waals surface area contributed by atoms with Gasteiger partial charge in [0.1, 0.15) is 12.7 Å². The summed E-state index contributed by atoms with van der Waals surface area (Å²) in [5, 5.41) is 13.5. The maximum Gasteiger partial charge on any atom is 0.416 e. The van der Waals surface area contributed by atoms with E-state index in [9.17, 15) is 23.1 Å². The van der Waals surface area contributed by atoms with Crippen molar-refractivity contribution in [1.82, 2.24) is 5.32 Å².